The third-order valence-electron chi connectivity index (χ3n) is 2.59. The van der Waals surface area contributed by atoms with Gasteiger partial charge >= 0.3 is 0 Å². The van der Waals surface area contributed by atoms with E-state index in [1.165, 1.54) is 5.69 Å². The number of alkyl halides is 1. The van der Waals surface area contributed by atoms with Crippen molar-refractivity contribution < 1.29 is 0 Å². The molecule has 1 aromatic heterocycles. The minimum atomic E-state index is 0.346. The summed E-state index contributed by atoms with van der Waals surface area (Å²) in [6, 6.07) is 2.38. The molecule has 1 aromatic rings. The van der Waals surface area contributed by atoms with E-state index < -0.39 is 0 Å². The van der Waals surface area contributed by atoms with Gasteiger partial charge in [-0.15, -0.1) is 11.6 Å². The Balaban J connectivity index is 2.31. The van der Waals surface area contributed by atoms with Crippen LogP contribution in [0.3, 0.4) is 0 Å². The average Bonchev–Trinajstić information content (AvgIpc) is 2.65. The maximum absolute atomic E-state index is 5.64. The molecule has 3 N–H and O–H groups in total. The number of nitrogens with two attached hydrogens (primary N) is 1. The Hall–Kier alpha value is -0.580. The summed E-state index contributed by atoms with van der Waals surface area (Å²) in [7, 11) is 1.96. The highest BCUT2D eigenvalue weighted by Crippen LogP contribution is 2.08. The van der Waals surface area contributed by atoms with E-state index in [1.807, 2.05) is 24.0 Å². The zero-order chi connectivity index (χ0) is 11.1. The van der Waals surface area contributed by atoms with Gasteiger partial charge in [-0.25, -0.2) is 0 Å². The second kappa shape index (κ2) is 6.82. The highest BCUT2D eigenvalue weighted by atomic mass is 35.5. The molecule has 86 valence electrons. The summed E-state index contributed by atoms with van der Waals surface area (Å²) < 4.78 is 1.90. The number of nitrogens with zero attached hydrogens (tertiary/aromatic N) is 2. The average molecular weight is 231 g/mol. The first-order valence-corrected chi connectivity index (χ1v) is 5.80. The maximum Gasteiger partial charge on any atom is 0.0492 e. The topological polar surface area (TPSA) is 55.9 Å². The molecule has 15 heavy (non-hydrogen) atoms. The number of nitrogens with one attached hydrogen (secondary N) is 1. The fraction of sp³-hybridized carbons (Fsp3) is 0.700. The van der Waals surface area contributed by atoms with Crippen molar-refractivity contribution in [3.63, 3.8) is 0 Å². The van der Waals surface area contributed by atoms with E-state index in [0.717, 1.165) is 25.7 Å². The van der Waals surface area contributed by atoms with E-state index in [2.05, 4.69) is 10.5 Å². The standard InChI is InChI=1S/C10H19ClN4/c1-15-10(6-8-13-15)5-4-9(14-12)3-2-7-11/h6,8-9,14H,2-5,7,12H2,1H3. The smallest absolute Gasteiger partial charge is 0.0492 e. The van der Waals surface area contributed by atoms with Gasteiger partial charge in [-0.1, -0.05) is 0 Å². The molecule has 0 bridgehead atoms. The van der Waals surface area contributed by atoms with Gasteiger partial charge < -0.3 is 0 Å². The molecule has 0 aromatic carbocycles. The molecular weight excluding hydrogens is 212 g/mol. The van der Waals surface area contributed by atoms with Gasteiger partial charge in [0, 0.05) is 30.9 Å². The minimum Gasteiger partial charge on any atom is -0.273 e. The van der Waals surface area contributed by atoms with Crippen LogP contribution in [0.5, 0.6) is 0 Å². The molecule has 1 atom stereocenters. The lowest BCUT2D eigenvalue weighted by atomic mass is 10.1. The molecule has 0 saturated carbocycles. The number of hydrogen-bond donors (Lipinski definition) is 2. The highest BCUT2D eigenvalue weighted by molar-refractivity contribution is 6.17. The fourth-order valence-electron chi connectivity index (χ4n) is 1.60. The van der Waals surface area contributed by atoms with Crippen LogP contribution in [0.1, 0.15) is 25.0 Å². The monoisotopic (exact) mass is 230 g/mol. The van der Waals surface area contributed by atoms with Gasteiger partial charge in [0.25, 0.3) is 0 Å². The lowest BCUT2D eigenvalue weighted by Gasteiger charge is -2.14. The van der Waals surface area contributed by atoms with Crippen molar-refractivity contribution in [3.8, 4) is 0 Å². The van der Waals surface area contributed by atoms with Crippen LogP contribution >= 0.6 is 11.6 Å². The maximum atomic E-state index is 5.64. The van der Waals surface area contributed by atoms with Crippen molar-refractivity contribution in [2.24, 2.45) is 12.9 Å². The Morgan fingerprint density at radius 3 is 2.93 bits per heavy atom. The van der Waals surface area contributed by atoms with E-state index in [-0.39, 0.29) is 0 Å². The molecule has 0 spiro atoms. The Bertz CT molecular complexity index is 274. The molecule has 5 heteroatoms. The molecule has 0 radical (unpaired) electrons. The van der Waals surface area contributed by atoms with Crippen molar-refractivity contribution in [2.75, 3.05) is 5.88 Å². The van der Waals surface area contributed by atoms with Crippen LogP contribution < -0.4 is 11.3 Å². The quantitative estimate of drug-likeness (QED) is 0.421. The van der Waals surface area contributed by atoms with Gasteiger partial charge in [-0.05, 0) is 31.7 Å². The first kappa shape index (κ1) is 12.5. The summed E-state index contributed by atoms with van der Waals surface area (Å²) >= 11 is 5.64. The van der Waals surface area contributed by atoms with E-state index >= 15 is 0 Å². The summed E-state index contributed by atoms with van der Waals surface area (Å²) in [4.78, 5) is 0. The molecule has 0 amide bonds. The lowest BCUT2D eigenvalue weighted by molar-refractivity contribution is 0.455. The molecule has 0 saturated heterocycles. The van der Waals surface area contributed by atoms with Crippen LogP contribution in [0.2, 0.25) is 0 Å². The zero-order valence-corrected chi connectivity index (χ0v) is 9.87. The molecule has 0 aliphatic carbocycles. The highest BCUT2D eigenvalue weighted by Gasteiger charge is 2.07. The molecule has 4 nitrogen and oxygen atoms in total. The van der Waals surface area contributed by atoms with E-state index in [0.29, 0.717) is 11.9 Å². The van der Waals surface area contributed by atoms with Crippen LogP contribution in [-0.2, 0) is 13.5 Å². The van der Waals surface area contributed by atoms with E-state index in [4.69, 9.17) is 17.4 Å². The number of halogens is 1. The minimum absolute atomic E-state index is 0.346. The fourth-order valence-corrected chi connectivity index (χ4v) is 1.76. The van der Waals surface area contributed by atoms with Crippen LogP contribution in [0.4, 0.5) is 0 Å². The second-order valence-corrected chi connectivity index (χ2v) is 4.06. The number of hydrazine groups is 1. The first-order chi connectivity index (χ1) is 7.27. The molecule has 1 unspecified atom stereocenters. The molecular formula is C10H19ClN4. The lowest BCUT2D eigenvalue weighted by Crippen LogP contribution is -2.35. The van der Waals surface area contributed by atoms with Gasteiger partial charge in [-0.3, -0.25) is 16.0 Å². The number of rotatable bonds is 7. The summed E-state index contributed by atoms with van der Waals surface area (Å²) in [5, 5.41) is 4.13. The largest absolute Gasteiger partial charge is 0.273 e. The van der Waals surface area contributed by atoms with Gasteiger partial charge in [0.15, 0.2) is 0 Å². The number of hydrogen-bond acceptors (Lipinski definition) is 3. The van der Waals surface area contributed by atoms with Crippen molar-refractivity contribution >= 4 is 11.6 Å². The zero-order valence-electron chi connectivity index (χ0n) is 9.12. The molecule has 0 aliphatic rings. The van der Waals surface area contributed by atoms with Crippen molar-refractivity contribution in [1.29, 1.82) is 0 Å². The van der Waals surface area contributed by atoms with Crippen molar-refractivity contribution in [3.05, 3.63) is 18.0 Å². The number of aryl methyl sites for hydroxylation is 2. The third kappa shape index (κ3) is 4.20. The molecule has 1 rings (SSSR count). The number of aromatic nitrogens is 2. The van der Waals surface area contributed by atoms with E-state index in [9.17, 15) is 0 Å². The van der Waals surface area contributed by atoms with Gasteiger partial charge in [0.2, 0.25) is 0 Å². The molecule has 0 aliphatic heterocycles. The van der Waals surface area contributed by atoms with Gasteiger partial charge in [0.1, 0.15) is 0 Å². The predicted octanol–water partition coefficient (Wildman–Crippen LogP) is 1.20. The summed E-state index contributed by atoms with van der Waals surface area (Å²) in [5.41, 5.74) is 4.07. The summed E-state index contributed by atoms with van der Waals surface area (Å²) in [5.74, 6) is 6.17. The normalized spacial score (nSPS) is 13.0. The van der Waals surface area contributed by atoms with E-state index in [1.54, 1.807) is 0 Å². The first-order valence-electron chi connectivity index (χ1n) is 5.27. The summed E-state index contributed by atoms with van der Waals surface area (Å²) in [6.07, 6.45) is 5.86. The molecule has 1 heterocycles. The van der Waals surface area contributed by atoms with Crippen molar-refractivity contribution in [1.82, 2.24) is 15.2 Å². The second-order valence-electron chi connectivity index (χ2n) is 3.68. The molecule has 0 fully saturated rings. The third-order valence-corrected chi connectivity index (χ3v) is 2.86. The Kier molecular flexibility index (Phi) is 5.68. The van der Waals surface area contributed by atoms with Crippen LogP contribution in [-0.4, -0.2) is 21.7 Å². The van der Waals surface area contributed by atoms with Crippen LogP contribution in [0.15, 0.2) is 12.3 Å². The van der Waals surface area contributed by atoms with Gasteiger partial charge in [0.05, 0.1) is 0 Å². The van der Waals surface area contributed by atoms with Crippen LogP contribution in [0, 0.1) is 0 Å². The Labute approximate surface area is 95.8 Å². The SMILES string of the molecule is Cn1nccc1CCC(CCCCl)NN. The van der Waals surface area contributed by atoms with Crippen molar-refractivity contribution in [2.45, 2.75) is 31.7 Å². The Morgan fingerprint density at radius 2 is 2.40 bits per heavy atom. The van der Waals surface area contributed by atoms with Gasteiger partial charge in [-0.2, -0.15) is 5.10 Å². The Morgan fingerprint density at radius 1 is 1.60 bits per heavy atom. The predicted molar refractivity (Wildman–Crippen MR) is 62.6 cm³/mol. The summed E-state index contributed by atoms with van der Waals surface area (Å²) in [6.45, 7) is 0. The van der Waals surface area contributed by atoms with Crippen LogP contribution in [0.25, 0.3) is 0 Å².